The lowest BCUT2D eigenvalue weighted by atomic mass is 9.87. The summed E-state index contributed by atoms with van der Waals surface area (Å²) in [5, 5.41) is 9.99. The number of rotatable bonds is 7. The summed E-state index contributed by atoms with van der Waals surface area (Å²) < 4.78 is 0. The van der Waals surface area contributed by atoms with Crippen molar-refractivity contribution in [2.24, 2.45) is 5.41 Å². The van der Waals surface area contributed by atoms with E-state index in [9.17, 15) is 9.59 Å². The maximum absolute atomic E-state index is 12.2. The van der Waals surface area contributed by atoms with Crippen LogP contribution in [-0.2, 0) is 0 Å². The summed E-state index contributed by atoms with van der Waals surface area (Å²) in [5.41, 5.74) is 2.29. The topological polar surface area (TPSA) is 96.0 Å². The molecule has 0 aliphatic carbocycles. The van der Waals surface area contributed by atoms with Crippen molar-refractivity contribution in [3.63, 3.8) is 0 Å². The molecule has 0 unspecified atom stereocenters. The summed E-state index contributed by atoms with van der Waals surface area (Å²) in [4.78, 5) is 33.0. The van der Waals surface area contributed by atoms with E-state index in [2.05, 4.69) is 46.7 Å². The maximum atomic E-state index is 12.2. The summed E-state index contributed by atoms with van der Waals surface area (Å²) in [7, 11) is 0. The first-order chi connectivity index (χ1) is 16.1. The normalized spacial score (nSPS) is 12.4. The third-order valence-corrected chi connectivity index (χ3v) is 6.05. The van der Waals surface area contributed by atoms with Crippen molar-refractivity contribution in [1.82, 2.24) is 9.97 Å². The minimum Gasteiger partial charge on any atom is -0.377 e. The summed E-state index contributed by atoms with van der Waals surface area (Å²) in [6, 6.07) is 17.1. The fourth-order valence-electron chi connectivity index (χ4n) is 3.22. The van der Waals surface area contributed by atoms with Gasteiger partial charge in [-0.25, -0.2) is 4.98 Å². The Morgan fingerprint density at radius 3 is 2.03 bits per heavy atom. The van der Waals surface area contributed by atoms with Crippen molar-refractivity contribution in [3.05, 3.63) is 86.3 Å². The second-order valence-electron chi connectivity index (χ2n) is 9.24. The molecule has 3 aromatic carbocycles. The number of nitrogens with one attached hydrogen (secondary N) is 3. The molecule has 34 heavy (non-hydrogen) atoms. The van der Waals surface area contributed by atoms with E-state index in [1.165, 1.54) is 0 Å². The summed E-state index contributed by atoms with van der Waals surface area (Å²) in [6.07, 6.45) is 1.58. The van der Waals surface area contributed by atoms with Crippen LogP contribution < -0.4 is 26.8 Å². The van der Waals surface area contributed by atoms with Gasteiger partial charge >= 0.3 is 0 Å². The highest BCUT2D eigenvalue weighted by Gasteiger charge is 2.27. The fraction of sp³-hybridized carbons (Fsp3) is 0.231. The Hall–Kier alpha value is -3.71. The van der Waals surface area contributed by atoms with Crippen LogP contribution in [0, 0.1) is 5.41 Å². The summed E-state index contributed by atoms with van der Waals surface area (Å²) in [6.45, 7) is 8.17. The molecule has 0 saturated heterocycles. The molecule has 1 aromatic heterocycles. The van der Waals surface area contributed by atoms with Crippen molar-refractivity contribution >= 4 is 40.4 Å². The molecular weight excluding hydrogens is 450 g/mol. The largest absolute Gasteiger partial charge is 0.377 e. The predicted octanol–water partition coefficient (Wildman–Crippen LogP) is 5.73. The van der Waals surface area contributed by atoms with E-state index in [4.69, 9.17) is 11.6 Å². The van der Waals surface area contributed by atoms with E-state index in [0.717, 1.165) is 16.8 Å². The smallest absolute Gasteiger partial charge is 0.253 e. The lowest BCUT2D eigenvalue weighted by molar-refractivity contribution is 0.359. The van der Waals surface area contributed by atoms with Gasteiger partial charge in [0.05, 0.1) is 0 Å². The average Bonchev–Trinajstić information content (AvgIpc) is 2.81. The van der Waals surface area contributed by atoms with E-state index >= 15 is 0 Å². The zero-order valence-electron chi connectivity index (χ0n) is 19.4. The second-order valence-corrected chi connectivity index (χ2v) is 9.68. The van der Waals surface area contributed by atoms with Gasteiger partial charge in [-0.1, -0.05) is 56.6 Å². The molecule has 7 nitrogen and oxygen atoms in total. The first-order valence-corrected chi connectivity index (χ1v) is 11.3. The van der Waals surface area contributed by atoms with Crippen LogP contribution in [0.15, 0.2) is 70.4 Å². The number of benzene rings is 2. The third kappa shape index (κ3) is 5.10. The molecule has 174 valence electrons. The van der Waals surface area contributed by atoms with E-state index in [0.29, 0.717) is 22.5 Å². The van der Waals surface area contributed by atoms with Crippen molar-refractivity contribution < 1.29 is 0 Å². The van der Waals surface area contributed by atoms with Crippen LogP contribution in [-0.4, -0.2) is 16.0 Å². The minimum absolute atomic E-state index is 0.00480. The molecule has 0 aliphatic rings. The molecular formula is C26H26ClN5O2. The van der Waals surface area contributed by atoms with Gasteiger partial charge in [0.2, 0.25) is 5.95 Å². The van der Waals surface area contributed by atoms with Gasteiger partial charge < -0.3 is 16.0 Å². The van der Waals surface area contributed by atoms with Crippen LogP contribution in [0.5, 0.6) is 0 Å². The van der Waals surface area contributed by atoms with Crippen LogP contribution in [0.4, 0.5) is 28.8 Å². The highest BCUT2D eigenvalue weighted by atomic mass is 35.5. The highest BCUT2D eigenvalue weighted by Crippen LogP contribution is 2.27. The third-order valence-electron chi connectivity index (χ3n) is 5.80. The molecule has 0 radical (unpaired) electrons. The summed E-state index contributed by atoms with van der Waals surface area (Å²) >= 11 is 5.96. The average molecular weight is 476 g/mol. The van der Waals surface area contributed by atoms with Crippen molar-refractivity contribution in [3.8, 4) is 11.1 Å². The van der Waals surface area contributed by atoms with Gasteiger partial charge in [-0.2, -0.15) is 4.98 Å². The van der Waals surface area contributed by atoms with E-state index in [1.807, 2.05) is 55.5 Å². The lowest BCUT2D eigenvalue weighted by Gasteiger charge is -2.30. The van der Waals surface area contributed by atoms with Gasteiger partial charge in [-0.05, 0) is 53.8 Å². The first-order valence-electron chi connectivity index (χ1n) is 10.9. The second kappa shape index (κ2) is 9.27. The Morgan fingerprint density at radius 2 is 1.41 bits per heavy atom. The standard InChI is InChI=1S/C26H26ClN5O2/c1-15(26(2,3)4)29-21-22(24(34)23(21)33)31-20-13-14-28-25(32-20)30-19-11-7-17(8-12-19)16-5-9-18(27)10-6-16/h5-15,29H,1-4H3,(H2,28,30,31,32)/t15-/m1/s1. The van der Waals surface area contributed by atoms with Gasteiger partial charge in [0.1, 0.15) is 17.2 Å². The van der Waals surface area contributed by atoms with Crippen LogP contribution in [0.25, 0.3) is 11.1 Å². The van der Waals surface area contributed by atoms with Crippen molar-refractivity contribution in [1.29, 1.82) is 0 Å². The van der Waals surface area contributed by atoms with Crippen LogP contribution in [0.2, 0.25) is 5.02 Å². The number of anilines is 5. The van der Waals surface area contributed by atoms with Gasteiger partial charge in [-0.3, -0.25) is 9.59 Å². The molecule has 0 saturated carbocycles. The number of halogens is 1. The first kappa shape index (κ1) is 23.4. The zero-order valence-corrected chi connectivity index (χ0v) is 20.2. The van der Waals surface area contributed by atoms with Gasteiger partial charge in [0.25, 0.3) is 10.9 Å². The van der Waals surface area contributed by atoms with Crippen molar-refractivity contribution in [2.75, 3.05) is 16.0 Å². The Balaban J connectivity index is 1.47. The molecule has 0 fully saturated rings. The molecule has 1 atom stereocenters. The number of hydrogen-bond donors (Lipinski definition) is 3. The molecule has 4 rings (SSSR count). The van der Waals surface area contributed by atoms with Crippen LogP contribution >= 0.6 is 11.6 Å². The van der Waals surface area contributed by atoms with Gasteiger partial charge in [-0.15, -0.1) is 0 Å². The SMILES string of the molecule is C[C@@H](Nc1c(Nc2ccnc(Nc3ccc(-c4ccc(Cl)cc4)cc3)n2)c(=O)c1=O)C(C)(C)C. The number of nitrogens with zero attached hydrogens (tertiary/aromatic N) is 2. The lowest BCUT2D eigenvalue weighted by Crippen LogP contribution is -2.41. The Labute approximate surface area is 202 Å². The number of hydrogen-bond acceptors (Lipinski definition) is 7. The highest BCUT2D eigenvalue weighted by molar-refractivity contribution is 6.30. The Kier molecular flexibility index (Phi) is 6.39. The molecule has 3 N–H and O–H groups in total. The maximum Gasteiger partial charge on any atom is 0.253 e. The van der Waals surface area contributed by atoms with E-state index < -0.39 is 10.9 Å². The predicted molar refractivity (Wildman–Crippen MR) is 139 cm³/mol. The molecule has 0 spiro atoms. The molecule has 4 aromatic rings. The van der Waals surface area contributed by atoms with Gasteiger partial charge in [0, 0.05) is 22.9 Å². The number of aromatic nitrogens is 2. The Bertz CT molecular complexity index is 1370. The van der Waals surface area contributed by atoms with E-state index in [1.54, 1.807) is 12.3 Å². The fourth-order valence-corrected chi connectivity index (χ4v) is 3.34. The quantitative estimate of drug-likeness (QED) is 0.294. The monoisotopic (exact) mass is 475 g/mol. The Morgan fingerprint density at radius 1 is 0.824 bits per heavy atom. The molecule has 0 amide bonds. The van der Waals surface area contributed by atoms with Crippen LogP contribution in [0.1, 0.15) is 27.7 Å². The van der Waals surface area contributed by atoms with E-state index in [-0.39, 0.29) is 17.1 Å². The molecule has 1 heterocycles. The molecule has 0 bridgehead atoms. The molecule has 8 heteroatoms. The summed E-state index contributed by atoms with van der Waals surface area (Å²) in [5.74, 6) is 0.773. The van der Waals surface area contributed by atoms with Crippen molar-refractivity contribution in [2.45, 2.75) is 33.7 Å². The minimum atomic E-state index is -0.561. The van der Waals surface area contributed by atoms with Crippen LogP contribution in [0.3, 0.4) is 0 Å². The van der Waals surface area contributed by atoms with Gasteiger partial charge in [0.15, 0.2) is 0 Å². The zero-order chi connectivity index (χ0) is 24.5. The molecule has 0 aliphatic heterocycles.